The third-order valence-electron chi connectivity index (χ3n) is 5.00. The molecule has 1 atom stereocenters. The molecule has 2 aliphatic rings. The maximum Gasteiger partial charge on any atom is 0.307 e. The Morgan fingerprint density at radius 3 is 2.48 bits per heavy atom. The topological polar surface area (TPSA) is 99.6 Å². The third-order valence-corrected chi connectivity index (χ3v) is 5.00. The Morgan fingerprint density at radius 1 is 1.30 bits per heavy atom. The number of aliphatic carboxylic acids is 1. The molecule has 1 unspecified atom stereocenters. The van der Waals surface area contributed by atoms with Crippen LogP contribution < -0.4 is 5.32 Å². The van der Waals surface area contributed by atoms with Crippen LogP contribution in [0.4, 0.5) is 0 Å². The predicted molar refractivity (Wildman–Crippen MR) is 80.9 cm³/mol. The summed E-state index contributed by atoms with van der Waals surface area (Å²) in [4.78, 5) is 40.7. The molecule has 1 saturated carbocycles. The smallest absolute Gasteiger partial charge is 0.307 e. The molecule has 2 amide bonds. The molecule has 0 bridgehead atoms. The minimum atomic E-state index is -0.723. The number of nitrogens with one attached hydrogen (secondary N) is 1. The van der Waals surface area contributed by atoms with Gasteiger partial charge in [-0.15, -0.1) is 0 Å². The van der Waals surface area contributed by atoms with Crippen LogP contribution in [-0.4, -0.2) is 52.9 Å². The maximum absolute atomic E-state index is 12.5. The molecule has 1 aliphatic carbocycles. The molecule has 7 heteroatoms. The lowest BCUT2D eigenvalue weighted by Gasteiger charge is -2.32. The Labute approximate surface area is 133 Å². The first-order valence-corrected chi connectivity index (χ1v) is 7.67. The number of aromatic nitrogens is 1. The monoisotopic (exact) mass is 317 g/mol. The zero-order valence-corrected chi connectivity index (χ0v) is 12.9. The average molecular weight is 317 g/mol. The van der Waals surface area contributed by atoms with E-state index < -0.39 is 5.97 Å². The molecule has 1 aromatic rings. The zero-order chi connectivity index (χ0) is 16.6. The number of hydrogen-bond acceptors (Lipinski definition) is 4. The third kappa shape index (κ3) is 2.78. The minimum Gasteiger partial charge on any atom is -0.481 e. The Balaban J connectivity index is 1.62. The van der Waals surface area contributed by atoms with E-state index in [4.69, 9.17) is 5.11 Å². The van der Waals surface area contributed by atoms with Gasteiger partial charge in [0.1, 0.15) is 5.69 Å². The van der Waals surface area contributed by atoms with Gasteiger partial charge in [-0.25, -0.2) is 0 Å². The molecule has 1 spiro atoms. The quantitative estimate of drug-likeness (QED) is 0.857. The fraction of sp³-hybridized carbons (Fsp3) is 0.500. The van der Waals surface area contributed by atoms with E-state index in [0.717, 1.165) is 19.3 Å². The highest BCUT2D eigenvalue weighted by molar-refractivity contribution is 5.96. The van der Waals surface area contributed by atoms with Crippen molar-refractivity contribution >= 4 is 17.8 Å². The van der Waals surface area contributed by atoms with Gasteiger partial charge < -0.3 is 15.3 Å². The van der Waals surface area contributed by atoms with E-state index in [9.17, 15) is 14.4 Å². The van der Waals surface area contributed by atoms with E-state index in [0.29, 0.717) is 18.7 Å². The molecule has 23 heavy (non-hydrogen) atoms. The fourth-order valence-corrected chi connectivity index (χ4v) is 3.37. The van der Waals surface area contributed by atoms with Crippen molar-refractivity contribution in [2.75, 3.05) is 20.1 Å². The van der Waals surface area contributed by atoms with E-state index >= 15 is 0 Å². The van der Waals surface area contributed by atoms with Crippen LogP contribution in [0, 0.1) is 11.3 Å². The van der Waals surface area contributed by atoms with Gasteiger partial charge in [0.25, 0.3) is 11.8 Å². The zero-order valence-electron chi connectivity index (χ0n) is 12.9. The number of pyridine rings is 1. The maximum atomic E-state index is 12.5. The first kappa shape index (κ1) is 15.5. The van der Waals surface area contributed by atoms with Crippen molar-refractivity contribution < 1.29 is 19.5 Å². The summed E-state index contributed by atoms with van der Waals surface area (Å²) in [5.41, 5.74) is 0.618. The van der Waals surface area contributed by atoms with Crippen molar-refractivity contribution in [3.8, 4) is 0 Å². The second-order valence-electron chi connectivity index (χ2n) is 6.26. The molecule has 1 aliphatic heterocycles. The Hall–Kier alpha value is -2.44. The summed E-state index contributed by atoms with van der Waals surface area (Å²) in [6.07, 6.45) is 3.61. The highest BCUT2D eigenvalue weighted by Crippen LogP contribution is 2.59. The predicted octanol–water partition coefficient (Wildman–Crippen LogP) is 0.768. The van der Waals surface area contributed by atoms with Crippen LogP contribution in [0.15, 0.2) is 18.3 Å². The van der Waals surface area contributed by atoms with Gasteiger partial charge in [0.15, 0.2) is 0 Å². The lowest BCUT2D eigenvalue weighted by molar-refractivity contribution is -0.139. The van der Waals surface area contributed by atoms with Crippen LogP contribution in [0.3, 0.4) is 0 Å². The van der Waals surface area contributed by atoms with E-state index in [-0.39, 0.29) is 28.8 Å². The number of rotatable bonds is 3. The highest BCUT2D eigenvalue weighted by atomic mass is 16.4. The molecule has 2 heterocycles. The Morgan fingerprint density at radius 2 is 2.00 bits per heavy atom. The van der Waals surface area contributed by atoms with Crippen molar-refractivity contribution in [3.63, 3.8) is 0 Å². The van der Waals surface area contributed by atoms with Gasteiger partial charge in [-0.3, -0.25) is 19.4 Å². The molecule has 3 rings (SSSR count). The van der Waals surface area contributed by atoms with Gasteiger partial charge in [0, 0.05) is 26.3 Å². The summed E-state index contributed by atoms with van der Waals surface area (Å²) >= 11 is 0. The van der Waals surface area contributed by atoms with Gasteiger partial charge in [0.2, 0.25) is 0 Å². The molecule has 2 fully saturated rings. The number of carboxylic acid groups (broad SMARTS) is 1. The largest absolute Gasteiger partial charge is 0.481 e. The standard InChI is InChI=1S/C16H19N3O4/c1-17-13(20)12-3-2-10(9-18-12)14(21)19-6-4-16(5-7-19)8-11(16)15(22)23/h2-3,9,11H,4-8H2,1H3,(H,17,20)(H,22,23). The Kier molecular flexibility index (Phi) is 3.79. The molecule has 0 radical (unpaired) electrons. The summed E-state index contributed by atoms with van der Waals surface area (Å²) in [6.45, 7) is 1.14. The number of likely N-dealkylation sites (tertiary alicyclic amines) is 1. The summed E-state index contributed by atoms with van der Waals surface area (Å²) in [6, 6.07) is 3.13. The van der Waals surface area contributed by atoms with Crippen molar-refractivity contribution in [1.29, 1.82) is 0 Å². The van der Waals surface area contributed by atoms with E-state index in [1.54, 1.807) is 11.0 Å². The molecule has 0 aromatic carbocycles. The number of hydrogen-bond donors (Lipinski definition) is 2. The highest BCUT2D eigenvalue weighted by Gasteiger charge is 2.59. The van der Waals surface area contributed by atoms with Gasteiger partial charge in [-0.05, 0) is 36.8 Å². The van der Waals surface area contributed by atoms with Crippen LogP contribution in [0.2, 0.25) is 0 Å². The van der Waals surface area contributed by atoms with Crippen LogP contribution >= 0.6 is 0 Å². The number of nitrogens with zero attached hydrogens (tertiary/aromatic N) is 2. The number of amides is 2. The minimum absolute atomic E-state index is 0.0933. The first-order valence-electron chi connectivity index (χ1n) is 7.67. The molecular formula is C16H19N3O4. The van der Waals surface area contributed by atoms with Crippen LogP contribution in [0.25, 0.3) is 0 Å². The van der Waals surface area contributed by atoms with Crippen molar-refractivity contribution in [2.45, 2.75) is 19.3 Å². The number of carbonyl (C=O) groups excluding carboxylic acids is 2. The fourth-order valence-electron chi connectivity index (χ4n) is 3.37. The second kappa shape index (κ2) is 5.64. The second-order valence-corrected chi connectivity index (χ2v) is 6.26. The average Bonchev–Trinajstić information content (AvgIpc) is 3.28. The van der Waals surface area contributed by atoms with E-state index in [1.165, 1.54) is 19.3 Å². The molecule has 122 valence electrons. The van der Waals surface area contributed by atoms with E-state index in [2.05, 4.69) is 10.3 Å². The summed E-state index contributed by atoms with van der Waals surface area (Å²) in [7, 11) is 1.52. The number of piperidine rings is 1. The Bertz CT molecular complexity index is 648. The lowest BCUT2D eigenvalue weighted by atomic mass is 9.90. The van der Waals surface area contributed by atoms with Gasteiger partial charge in [-0.2, -0.15) is 0 Å². The van der Waals surface area contributed by atoms with Crippen LogP contribution in [0.1, 0.15) is 40.1 Å². The van der Waals surface area contributed by atoms with Crippen molar-refractivity contribution in [2.24, 2.45) is 11.3 Å². The van der Waals surface area contributed by atoms with Crippen molar-refractivity contribution in [3.05, 3.63) is 29.6 Å². The molecular weight excluding hydrogens is 298 g/mol. The van der Waals surface area contributed by atoms with Gasteiger partial charge in [0.05, 0.1) is 11.5 Å². The van der Waals surface area contributed by atoms with Crippen LogP contribution in [-0.2, 0) is 4.79 Å². The van der Waals surface area contributed by atoms with Crippen molar-refractivity contribution in [1.82, 2.24) is 15.2 Å². The normalized spacial score (nSPS) is 21.8. The number of carbonyl (C=O) groups is 3. The first-order chi connectivity index (χ1) is 11.0. The molecule has 2 N–H and O–H groups in total. The summed E-state index contributed by atoms with van der Waals surface area (Å²) < 4.78 is 0. The number of carboxylic acids is 1. The van der Waals surface area contributed by atoms with Crippen LogP contribution in [0.5, 0.6) is 0 Å². The van der Waals surface area contributed by atoms with E-state index in [1.807, 2.05) is 0 Å². The summed E-state index contributed by atoms with van der Waals surface area (Å²) in [5, 5.41) is 11.6. The lowest BCUT2D eigenvalue weighted by Crippen LogP contribution is -2.40. The molecule has 1 saturated heterocycles. The van der Waals surface area contributed by atoms with Gasteiger partial charge >= 0.3 is 5.97 Å². The SMILES string of the molecule is CNC(=O)c1ccc(C(=O)N2CCC3(CC2)CC3C(=O)O)cn1. The van der Waals surface area contributed by atoms with Gasteiger partial charge in [-0.1, -0.05) is 0 Å². The molecule has 7 nitrogen and oxygen atoms in total. The molecule has 1 aromatic heterocycles. The summed E-state index contributed by atoms with van der Waals surface area (Å²) in [5.74, 6) is -1.38.